The summed E-state index contributed by atoms with van der Waals surface area (Å²) in [6.45, 7) is 6.54. The van der Waals surface area contributed by atoms with Gasteiger partial charge >= 0.3 is 7.12 Å². The van der Waals surface area contributed by atoms with Gasteiger partial charge in [-0.2, -0.15) is 0 Å². The minimum atomic E-state index is -1.45. The van der Waals surface area contributed by atoms with Crippen LogP contribution in [-0.4, -0.2) is 17.2 Å². The average Bonchev–Trinajstić information content (AvgIpc) is 2.43. The van der Waals surface area contributed by atoms with E-state index in [1.54, 1.807) is 18.2 Å². The number of hydrogen-bond donors (Lipinski definition) is 2. The molecule has 0 radical (unpaired) electrons. The monoisotopic (exact) mass is 270 g/mol. The normalized spacial score (nSPS) is 10.4. The Hall–Kier alpha value is -1.78. The summed E-state index contributed by atoms with van der Waals surface area (Å²) in [5.74, 6) is 0.903. The molecule has 0 aliphatic carbocycles. The highest BCUT2D eigenvalue weighted by molar-refractivity contribution is 6.58. The molecule has 0 saturated heterocycles. The number of benzene rings is 2. The molecular formula is C16H19BO3. The minimum absolute atomic E-state index is 0.408. The minimum Gasteiger partial charge on any atom is -0.488 e. The maximum atomic E-state index is 9.17. The van der Waals surface area contributed by atoms with Gasteiger partial charge in [0.05, 0.1) is 0 Å². The Morgan fingerprint density at radius 2 is 1.70 bits per heavy atom. The van der Waals surface area contributed by atoms with Crippen LogP contribution in [0.15, 0.2) is 36.4 Å². The first kappa shape index (κ1) is 14.6. The zero-order valence-electron chi connectivity index (χ0n) is 12.1. The Balaban J connectivity index is 2.17. The lowest BCUT2D eigenvalue weighted by molar-refractivity contribution is 0.302. The van der Waals surface area contributed by atoms with E-state index in [0.29, 0.717) is 12.1 Å². The van der Waals surface area contributed by atoms with E-state index in [4.69, 9.17) is 4.74 Å². The summed E-state index contributed by atoms with van der Waals surface area (Å²) in [5, 5.41) is 18.3. The summed E-state index contributed by atoms with van der Waals surface area (Å²) in [4.78, 5) is 0. The van der Waals surface area contributed by atoms with Crippen molar-refractivity contribution in [2.45, 2.75) is 27.4 Å². The average molecular weight is 270 g/mol. The van der Waals surface area contributed by atoms with Crippen molar-refractivity contribution in [2.75, 3.05) is 0 Å². The van der Waals surface area contributed by atoms with E-state index in [0.717, 1.165) is 22.4 Å². The largest absolute Gasteiger partial charge is 0.488 e. The molecule has 0 fully saturated rings. The third-order valence-corrected chi connectivity index (χ3v) is 3.51. The Morgan fingerprint density at radius 3 is 2.40 bits per heavy atom. The molecule has 0 unspecified atom stereocenters. The summed E-state index contributed by atoms with van der Waals surface area (Å²) in [6.07, 6.45) is 0. The van der Waals surface area contributed by atoms with Crippen LogP contribution in [0.2, 0.25) is 0 Å². The van der Waals surface area contributed by atoms with Crippen molar-refractivity contribution in [3.05, 3.63) is 58.7 Å². The Bertz CT molecular complexity index is 609. The number of aryl methyl sites for hydroxylation is 2. The summed E-state index contributed by atoms with van der Waals surface area (Å²) < 4.78 is 5.91. The maximum absolute atomic E-state index is 9.17. The fourth-order valence-electron chi connectivity index (χ4n) is 2.15. The Labute approximate surface area is 120 Å². The van der Waals surface area contributed by atoms with Gasteiger partial charge in [0, 0.05) is 0 Å². The van der Waals surface area contributed by atoms with Gasteiger partial charge in [-0.05, 0) is 48.5 Å². The van der Waals surface area contributed by atoms with E-state index in [9.17, 15) is 10.0 Å². The molecule has 0 heterocycles. The van der Waals surface area contributed by atoms with Gasteiger partial charge in [0.25, 0.3) is 0 Å². The highest BCUT2D eigenvalue weighted by Crippen LogP contribution is 2.26. The van der Waals surface area contributed by atoms with Gasteiger partial charge in [0.2, 0.25) is 0 Å². The highest BCUT2D eigenvalue weighted by Gasteiger charge is 2.11. The van der Waals surface area contributed by atoms with Crippen LogP contribution in [0.3, 0.4) is 0 Å². The van der Waals surface area contributed by atoms with Gasteiger partial charge in [0.1, 0.15) is 12.4 Å². The van der Waals surface area contributed by atoms with E-state index < -0.39 is 7.12 Å². The first-order valence-corrected chi connectivity index (χ1v) is 6.63. The van der Waals surface area contributed by atoms with Crippen LogP contribution in [0.4, 0.5) is 0 Å². The molecule has 2 rings (SSSR count). The SMILES string of the molecule is Cc1ccc(C)c(OCc2cccc(B(O)O)c2)c1C. The van der Waals surface area contributed by atoms with E-state index >= 15 is 0 Å². The van der Waals surface area contributed by atoms with Crippen molar-refractivity contribution < 1.29 is 14.8 Å². The van der Waals surface area contributed by atoms with Crippen LogP contribution in [0.1, 0.15) is 22.3 Å². The van der Waals surface area contributed by atoms with Crippen molar-refractivity contribution in [3.8, 4) is 5.75 Å². The summed E-state index contributed by atoms with van der Waals surface area (Å²) >= 11 is 0. The number of rotatable bonds is 4. The van der Waals surface area contributed by atoms with E-state index in [1.165, 1.54) is 5.56 Å². The molecule has 2 aromatic carbocycles. The van der Waals surface area contributed by atoms with E-state index in [1.807, 2.05) is 26.0 Å². The van der Waals surface area contributed by atoms with Gasteiger partial charge < -0.3 is 14.8 Å². The predicted molar refractivity (Wildman–Crippen MR) is 81.3 cm³/mol. The van der Waals surface area contributed by atoms with Gasteiger partial charge in [-0.25, -0.2) is 0 Å². The highest BCUT2D eigenvalue weighted by atomic mass is 16.5. The number of hydrogen-bond acceptors (Lipinski definition) is 3. The molecule has 0 aromatic heterocycles. The Morgan fingerprint density at radius 1 is 1.00 bits per heavy atom. The molecule has 104 valence electrons. The van der Waals surface area contributed by atoms with E-state index in [2.05, 4.69) is 13.0 Å². The second-order valence-corrected chi connectivity index (χ2v) is 5.06. The Kier molecular flexibility index (Phi) is 4.48. The number of ether oxygens (including phenoxy) is 1. The third-order valence-electron chi connectivity index (χ3n) is 3.51. The molecule has 0 aliphatic rings. The topological polar surface area (TPSA) is 49.7 Å². The lowest BCUT2D eigenvalue weighted by Gasteiger charge is -2.14. The van der Waals surface area contributed by atoms with Crippen LogP contribution in [0.25, 0.3) is 0 Å². The summed E-state index contributed by atoms with van der Waals surface area (Å²) in [6, 6.07) is 11.3. The molecule has 2 N–H and O–H groups in total. The molecule has 0 saturated carbocycles. The zero-order valence-corrected chi connectivity index (χ0v) is 12.1. The van der Waals surface area contributed by atoms with Crippen LogP contribution in [0.5, 0.6) is 5.75 Å². The standard InChI is InChI=1S/C16H19BO3/c1-11-7-8-12(2)16(13(11)3)20-10-14-5-4-6-15(9-14)17(18)19/h4-9,18-19H,10H2,1-3H3. The molecule has 4 heteroatoms. The van der Waals surface area contributed by atoms with Crippen molar-refractivity contribution >= 4 is 12.6 Å². The van der Waals surface area contributed by atoms with Crippen molar-refractivity contribution in [1.82, 2.24) is 0 Å². The van der Waals surface area contributed by atoms with Crippen LogP contribution >= 0.6 is 0 Å². The van der Waals surface area contributed by atoms with Gasteiger partial charge in [0.15, 0.2) is 0 Å². The van der Waals surface area contributed by atoms with Gasteiger partial charge in [-0.3, -0.25) is 0 Å². The van der Waals surface area contributed by atoms with Gasteiger partial charge in [-0.15, -0.1) is 0 Å². The molecule has 0 aliphatic heterocycles. The molecule has 0 bridgehead atoms. The first-order valence-electron chi connectivity index (χ1n) is 6.63. The van der Waals surface area contributed by atoms with Crippen molar-refractivity contribution in [3.63, 3.8) is 0 Å². The second kappa shape index (κ2) is 6.12. The molecule has 0 amide bonds. The van der Waals surface area contributed by atoms with Crippen LogP contribution in [0, 0.1) is 20.8 Å². The third kappa shape index (κ3) is 3.21. The fourth-order valence-corrected chi connectivity index (χ4v) is 2.15. The molecule has 0 atom stereocenters. The lowest BCUT2D eigenvalue weighted by atomic mass is 9.80. The molecule has 3 nitrogen and oxygen atoms in total. The van der Waals surface area contributed by atoms with Crippen molar-refractivity contribution in [2.24, 2.45) is 0 Å². The smallest absolute Gasteiger partial charge is 0.488 e. The zero-order chi connectivity index (χ0) is 14.7. The van der Waals surface area contributed by atoms with Crippen molar-refractivity contribution in [1.29, 1.82) is 0 Å². The predicted octanol–water partition coefficient (Wildman–Crippen LogP) is 1.87. The van der Waals surface area contributed by atoms with Gasteiger partial charge in [-0.1, -0.05) is 36.4 Å². The van der Waals surface area contributed by atoms with Crippen LogP contribution in [-0.2, 0) is 6.61 Å². The summed E-state index contributed by atoms with van der Waals surface area (Å²) in [7, 11) is -1.45. The lowest BCUT2D eigenvalue weighted by Crippen LogP contribution is -2.29. The molecular weight excluding hydrogens is 251 g/mol. The quantitative estimate of drug-likeness (QED) is 0.834. The first-order chi connectivity index (χ1) is 9.49. The molecule has 20 heavy (non-hydrogen) atoms. The summed E-state index contributed by atoms with van der Waals surface area (Å²) in [5.41, 5.74) is 4.83. The van der Waals surface area contributed by atoms with E-state index in [-0.39, 0.29) is 0 Å². The molecule has 0 spiro atoms. The second-order valence-electron chi connectivity index (χ2n) is 5.06. The molecule has 2 aromatic rings. The maximum Gasteiger partial charge on any atom is 0.488 e. The fraction of sp³-hybridized carbons (Fsp3) is 0.250. The van der Waals surface area contributed by atoms with Crippen LogP contribution < -0.4 is 10.2 Å².